The molecule has 0 amide bonds. The lowest BCUT2D eigenvalue weighted by molar-refractivity contribution is -0.138. The van der Waals surface area contributed by atoms with Gasteiger partial charge in [0, 0.05) is 5.69 Å². The molecule has 1 aromatic carbocycles. The predicted molar refractivity (Wildman–Crippen MR) is 79.6 cm³/mol. The summed E-state index contributed by atoms with van der Waals surface area (Å²) in [5.74, 6) is 0. The Bertz CT molecular complexity index is 645. The van der Waals surface area contributed by atoms with Crippen LogP contribution in [0.25, 0.3) is 0 Å². The van der Waals surface area contributed by atoms with Crippen LogP contribution in [0.5, 0.6) is 0 Å². The van der Waals surface area contributed by atoms with Crippen LogP contribution in [0.2, 0.25) is 0 Å². The van der Waals surface area contributed by atoms with E-state index in [9.17, 15) is 13.2 Å². The van der Waals surface area contributed by atoms with E-state index in [0.29, 0.717) is 6.54 Å². The summed E-state index contributed by atoms with van der Waals surface area (Å²) in [7, 11) is 0. The molecule has 0 spiro atoms. The molecule has 1 aromatic heterocycles. The Morgan fingerprint density at radius 1 is 1.18 bits per heavy atom. The van der Waals surface area contributed by atoms with Crippen molar-refractivity contribution < 1.29 is 13.2 Å². The monoisotopic (exact) mass is 311 g/mol. The van der Waals surface area contributed by atoms with Crippen molar-refractivity contribution in [3.8, 4) is 0 Å². The fourth-order valence-electron chi connectivity index (χ4n) is 2.62. The molecule has 120 valence electrons. The van der Waals surface area contributed by atoms with Gasteiger partial charge in [-0.3, -0.25) is 4.68 Å². The SMILES string of the molecule is Cc1nn(Cc2ccccc2C(F)(F)F)c(C)c1CCCN. The molecule has 2 N–H and O–H groups in total. The van der Waals surface area contributed by atoms with Crippen molar-refractivity contribution in [3.63, 3.8) is 0 Å². The molecule has 0 aliphatic carbocycles. The molecule has 2 rings (SSSR count). The van der Waals surface area contributed by atoms with Gasteiger partial charge >= 0.3 is 6.18 Å². The molecule has 0 fully saturated rings. The van der Waals surface area contributed by atoms with Gasteiger partial charge in [-0.25, -0.2) is 0 Å². The zero-order valence-electron chi connectivity index (χ0n) is 12.7. The number of aromatic nitrogens is 2. The molecular weight excluding hydrogens is 291 g/mol. The molecule has 6 heteroatoms. The Labute approximate surface area is 127 Å². The second-order valence-electron chi connectivity index (χ2n) is 5.35. The first-order chi connectivity index (χ1) is 10.3. The van der Waals surface area contributed by atoms with Gasteiger partial charge in [-0.05, 0) is 50.4 Å². The number of alkyl halides is 3. The third-order valence-electron chi connectivity index (χ3n) is 3.81. The smallest absolute Gasteiger partial charge is 0.330 e. The van der Waals surface area contributed by atoms with Crippen molar-refractivity contribution in [3.05, 3.63) is 52.3 Å². The normalized spacial score (nSPS) is 11.9. The standard InChI is InChI=1S/C16H20F3N3/c1-11-14(7-5-9-20)12(2)22(21-11)10-13-6-3-4-8-15(13)16(17,18)19/h3-4,6,8H,5,7,9-10,20H2,1-2H3. The van der Waals surface area contributed by atoms with Crippen LogP contribution in [0.15, 0.2) is 24.3 Å². The van der Waals surface area contributed by atoms with E-state index in [-0.39, 0.29) is 12.1 Å². The van der Waals surface area contributed by atoms with Crippen LogP contribution in [-0.2, 0) is 19.1 Å². The maximum Gasteiger partial charge on any atom is 0.416 e. The summed E-state index contributed by atoms with van der Waals surface area (Å²) < 4.78 is 40.8. The molecule has 0 bridgehead atoms. The summed E-state index contributed by atoms with van der Waals surface area (Å²) in [5.41, 5.74) is 7.99. The minimum Gasteiger partial charge on any atom is -0.330 e. The average molecular weight is 311 g/mol. The number of rotatable bonds is 5. The first-order valence-electron chi connectivity index (χ1n) is 7.22. The van der Waals surface area contributed by atoms with Crippen LogP contribution in [0.3, 0.4) is 0 Å². The maximum atomic E-state index is 13.1. The number of halogens is 3. The van der Waals surface area contributed by atoms with Crippen LogP contribution in [0.4, 0.5) is 13.2 Å². The molecule has 1 heterocycles. The van der Waals surface area contributed by atoms with Crippen LogP contribution in [0.1, 0.15) is 34.5 Å². The number of nitrogens with two attached hydrogens (primary N) is 1. The highest BCUT2D eigenvalue weighted by atomic mass is 19.4. The van der Waals surface area contributed by atoms with Gasteiger partial charge in [-0.1, -0.05) is 18.2 Å². The van der Waals surface area contributed by atoms with Crippen molar-refractivity contribution in [2.45, 2.75) is 39.4 Å². The van der Waals surface area contributed by atoms with Crippen molar-refractivity contribution in [1.82, 2.24) is 9.78 Å². The molecule has 0 radical (unpaired) electrons. The molecule has 0 saturated carbocycles. The van der Waals surface area contributed by atoms with E-state index >= 15 is 0 Å². The number of nitrogens with zero attached hydrogens (tertiary/aromatic N) is 2. The highest BCUT2D eigenvalue weighted by molar-refractivity contribution is 5.31. The summed E-state index contributed by atoms with van der Waals surface area (Å²) in [5, 5.41) is 4.39. The Morgan fingerprint density at radius 2 is 1.86 bits per heavy atom. The van der Waals surface area contributed by atoms with Gasteiger partial charge in [0.1, 0.15) is 0 Å². The average Bonchev–Trinajstić information content (AvgIpc) is 2.71. The minimum atomic E-state index is -4.35. The molecule has 0 unspecified atom stereocenters. The third-order valence-corrected chi connectivity index (χ3v) is 3.81. The van der Waals surface area contributed by atoms with Crippen molar-refractivity contribution in [2.75, 3.05) is 6.54 Å². The summed E-state index contributed by atoms with van der Waals surface area (Å²) in [6.07, 6.45) is -2.71. The van der Waals surface area contributed by atoms with Crippen LogP contribution >= 0.6 is 0 Å². The lowest BCUT2D eigenvalue weighted by Crippen LogP contribution is -2.13. The summed E-state index contributed by atoms with van der Waals surface area (Å²) in [4.78, 5) is 0. The largest absolute Gasteiger partial charge is 0.416 e. The molecule has 0 aliphatic rings. The van der Waals surface area contributed by atoms with E-state index in [2.05, 4.69) is 5.10 Å². The van der Waals surface area contributed by atoms with Crippen LogP contribution in [0, 0.1) is 13.8 Å². The van der Waals surface area contributed by atoms with Gasteiger partial charge in [0.05, 0.1) is 17.8 Å². The Morgan fingerprint density at radius 3 is 2.50 bits per heavy atom. The lowest BCUT2D eigenvalue weighted by Gasteiger charge is -2.13. The topological polar surface area (TPSA) is 43.8 Å². The molecule has 0 aliphatic heterocycles. The molecule has 22 heavy (non-hydrogen) atoms. The Hall–Kier alpha value is -1.82. The number of hydrogen-bond acceptors (Lipinski definition) is 2. The molecular formula is C16H20F3N3. The van der Waals surface area contributed by atoms with E-state index in [1.807, 2.05) is 13.8 Å². The second kappa shape index (κ2) is 6.52. The van der Waals surface area contributed by atoms with E-state index in [4.69, 9.17) is 5.73 Å². The lowest BCUT2D eigenvalue weighted by atomic mass is 10.1. The van der Waals surface area contributed by atoms with Gasteiger partial charge in [-0.2, -0.15) is 18.3 Å². The summed E-state index contributed by atoms with van der Waals surface area (Å²) in [6, 6.07) is 5.63. The highest BCUT2D eigenvalue weighted by Crippen LogP contribution is 2.32. The first-order valence-corrected chi connectivity index (χ1v) is 7.22. The summed E-state index contributed by atoms with van der Waals surface area (Å²) >= 11 is 0. The highest BCUT2D eigenvalue weighted by Gasteiger charge is 2.33. The van der Waals surface area contributed by atoms with Gasteiger partial charge in [0.15, 0.2) is 0 Å². The second-order valence-corrected chi connectivity index (χ2v) is 5.35. The Kier molecular flexibility index (Phi) is 4.90. The fraction of sp³-hybridized carbons (Fsp3) is 0.438. The maximum absolute atomic E-state index is 13.1. The number of benzene rings is 1. The first kappa shape index (κ1) is 16.5. The third kappa shape index (κ3) is 3.50. The van der Waals surface area contributed by atoms with Gasteiger partial charge in [-0.15, -0.1) is 0 Å². The minimum absolute atomic E-state index is 0.116. The van der Waals surface area contributed by atoms with Crippen molar-refractivity contribution in [1.29, 1.82) is 0 Å². The van der Waals surface area contributed by atoms with Crippen LogP contribution < -0.4 is 5.73 Å². The Balaban J connectivity index is 2.33. The van der Waals surface area contributed by atoms with Crippen molar-refractivity contribution >= 4 is 0 Å². The fourth-order valence-corrected chi connectivity index (χ4v) is 2.62. The summed E-state index contributed by atoms with van der Waals surface area (Å²) in [6.45, 7) is 4.47. The van der Waals surface area contributed by atoms with Gasteiger partial charge in [0.25, 0.3) is 0 Å². The van der Waals surface area contributed by atoms with Gasteiger partial charge < -0.3 is 5.73 Å². The van der Waals surface area contributed by atoms with E-state index in [1.54, 1.807) is 10.7 Å². The van der Waals surface area contributed by atoms with E-state index in [0.717, 1.165) is 35.9 Å². The number of hydrogen-bond donors (Lipinski definition) is 1. The predicted octanol–water partition coefficient (Wildman–Crippen LogP) is 3.46. The molecule has 2 aromatic rings. The molecule has 3 nitrogen and oxygen atoms in total. The van der Waals surface area contributed by atoms with Crippen LogP contribution in [-0.4, -0.2) is 16.3 Å². The molecule has 0 saturated heterocycles. The zero-order chi connectivity index (χ0) is 16.3. The van der Waals surface area contributed by atoms with E-state index < -0.39 is 11.7 Å². The number of aryl methyl sites for hydroxylation is 1. The van der Waals surface area contributed by atoms with E-state index in [1.165, 1.54) is 12.1 Å². The quantitative estimate of drug-likeness (QED) is 0.919. The molecule has 0 atom stereocenters. The zero-order valence-corrected chi connectivity index (χ0v) is 12.7. The van der Waals surface area contributed by atoms with Gasteiger partial charge in [0.2, 0.25) is 0 Å². The van der Waals surface area contributed by atoms with Crippen molar-refractivity contribution in [2.24, 2.45) is 5.73 Å².